The van der Waals surface area contributed by atoms with E-state index in [1.54, 1.807) is 29.0 Å². The van der Waals surface area contributed by atoms with Crippen LogP contribution in [0, 0.1) is 0 Å². The number of nitrogens with one attached hydrogen (secondary N) is 1. The van der Waals surface area contributed by atoms with E-state index in [0.29, 0.717) is 22.8 Å². The van der Waals surface area contributed by atoms with Crippen LogP contribution in [0.15, 0.2) is 73.1 Å². The second-order valence-corrected chi connectivity index (χ2v) is 6.24. The highest BCUT2D eigenvalue weighted by atomic mass is 35.5. The van der Waals surface area contributed by atoms with Gasteiger partial charge in [-0.2, -0.15) is 5.10 Å². The van der Waals surface area contributed by atoms with Crippen LogP contribution in [0.4, 0.5) is 0 Å². The first kappa shape index (κ1) is 16.3. The zero-order valence-corrected chi connectivity index (χ0v) is 14.5. The first-order valence-corrected chi connectivity index (χ1v) is 8.51. The standard InChI is InChI=1S/C20H15ClN4O/c21-16-8-6-14(7-9-16)12-23-20(26)17-13-24-25-18(10-11-22-19(17)25)15-4-2-1-3-5-15/h1-11,13H,12H2,(H,23,26). The zero-order valence-electron chi connectivity index (χ0n) is 13.8. The smallest absolute Gasteiger partial charge is 0.257 e. The third-order valence-electron chi connectivity index (χ3n) is 4.08. The number of fused-ring (bicyclic) bond motifs is 1. The number of hydrogen-bond acceptors (Lipinski definition) is 3. The molecule has 128 valence electrons. The Morgan fingerprint density at radius 3 is 2.58 bits per heavy atom. The Kier molecular flexibility index (Phi) is 4.37. The van der Waals surface area contributed by atoms with Crippen LogP contribution in [0.3, 0.4) is 0 Å². The molecule has 0 unspecified atom stereocenters. The van der Waals surface area contributed by atoms with Crippen molar-refractivity contribution >= 4 is 23.2 Å². The fourth-order valence-electron chi connectivity index (χ4n) is 2.76. The number of carbonyl (C=O) groups excluding carboxylic acids is 1. The third kappa shape index (κ3) is 3.17. The SMILES string of the molecule is O=C(NCc1ccc(Cl)cc1)c1cnn2c(-c3ccccc3)ccnc12. The lowest BCUT2D eigenvalue weighted by atomic mass is 10.1. The largest absolute Gasteiger partial charge is 0.348 e. The van der Waals surface area contributed by atoms with E-state index in [2.05, 4.69) is 15.4 Å². The molecule has 0 fully saturated rings. The summed E-state index contributed by atoms with van der Waals surface area (Å²) in [6.45, 7) is 0.408. The summed E-state index contributed by atoms with van der Waals surface area (Å²) in [7, 11) is 0. The van der Waals surface area contributed by atoms with E-state index >= 15 is 0 Å². The van der Waals surface area contributed by atoms with Gasteiger partial charge in [-0.05, 0) is 23.8 Å². The summed E-state index contributed by atoms with van der Waals surface area (Å²) in [6.07, 6.45) is 3.24. The number of rotatable bonds is 4. The molecule has 0 saturated heterocycles. The van der Waals surface area contributed by atoms with Crippen molar-refractivity contribution in [1.82, 2.24) is 19.9 Å². The first-order chi connectivity index (χ1) is 12.7. The van der Waals surface area contributed by atoms with Crippen molar-refractivity contribution in [3.63, 3.8) is 0 Å². The molecule has 0 saturated carbocycles. The van der Waals surface area contributed by atoms with Crippen LogP contribution in [-0.4, -0.2) is 20.5 Å². The number of benzene rings is 2. The second-order valence-electron chi connectivity index (χ2n) is 5.80. The van der Waals surface area contributed by atoms with E-state index in [1.165, 1.54) is 0 Å². The van der Waals surface area contributed by atoms with Gasteiger partial charge in [-0.1, -0.05) is 54.1 Å². The van der Waals surface area contributed by atoms with Crippen molar-refractivity contribution in [3.8, 4) is 11.3 Å². The van der Waals surface area contributed by atoms with Gasteiger partial charge in [0.1, 0.15) is 5.56 Å². The van der Waals surface area contributed by atoms with Crippen molar-refractivity contribution in [2.45, 2.75) is 6.54 Å². The number of hydrogen-bond donors (Lipinski definition) is 1. The van der Waals surface area contributed by atoms with E-state index in [-0.39, 0.29) is 5.91 Å². The topological polar surface area (TPSA) is 59.3 Å². The molecule has 6 heteroatoms. The molecule has 26 heavy (non-hydrogen) atoms. The summed E-state index contributed by atoms with van der Waals surface area (Å²) in [5, 5.41) is 7.92. The molecule has 0 aliphatic rings. The Morgan fingerprint density at radius 2 is 1.81 bits per heavy atom. The Morgan fingerprint density at radius 1 is 1.04 bits per heavy atom. The fourth-order valence-corrected chi connectivity index (χ4v) is 2.88. The molecule has 1 amide bonds. The van der Waals surface area contributed by atoms with Crippen LogP contribution in [0.1, 0.15) is 15.9 Å². The average Bonchev–Trinajstić information content (AvgIpc) is 3.12. The van der Waals surface area contributed by atoms with Crippen LogP contribution in [0.2, 0.25) is 5.02 Å². The minimum Gasteiger partial charge on any atom is -0.348 e. The lowest BCUT2D eigenvalue weighted by Gasteiger charge is -2.06. The molecule has 1 N–H and O–H groups in total. The Balaban J connectivity index is 1.61. The van der Waals surface area contributed by atoms with E-state index in [0.717, 1.165) is 16.8 Å². The Hall–Kier alpha value is -3.18. The maximum Gasteiger partial charge on any atom is 0.257 e. The number of carbonyl (C=O) groups is 1. The lowest BCUT2D eigenvalue weighted by Crippen LogP contribution is -2.22. The highest BCUT2D eigenvalue weighted by molar-refractivity contribution is 6.30. The van der Waals surface area contributed by atoms with E-state index < -0.39 is 0 Å². The maximum atomic E-state index is 12.6. The molecule has 5 nitrogen and oxygen atoms in total. The van der Waals surface area contributed by atoms with Crippen LogP contribution in [-0.2, 0) is 6.54 Å². The summed E-state index contributed by atoms with van der Waals surface area (Å²) in [6, 6.07) is 19.1. The van der Waals surface area contributed by atoms with Crippen molar-refractivity contribution in [1.29, 1.82) is 0 Å². The molecule has 0 atom stereocenters. The average molecular weight is 363 g/mol. The van der Waals surface area contributed by atoms with Gasteiger partial charge in [-0.3, -0.25) is 4.79 Å². The predicted octanol–water partition coefficient (Wildman–Crippen LogP) is 3.98. The minimum atomic E-state index is -0.215. The second kappa shape index (κ2) is 6.98. The molecule has 2 aromatic heterocycles. The fraction of sp³-hybridized carbons (Fsp3) is 0.0500. The van der Waals surface area contributed by atoms with Crippen LogP contribution in [0.5, 0.6) is 0 Å². The monoisotopic (exact) mass is 362 g/mol. The van der Waals surface area contributed by atoms with E-state index in [4.69, 9.17) is 11.6 Å². The third-order valence-corrected chi connectivity index (χ3v) is 4.33. The highest BCUT2D eigenvalue weighted by Crippen LogP contribution is 2.20. The summed E-state index contributed by atoms with van der Waals surface area (Å²) in [4.78, 5) is 16.9. The molecular formula is C20H15ClN4O. The Bertz CT molecular complexity index is 1060. The van der Waals surface area contributed by atoms with Gasteiger partial charge in [-0.25, -0.2) is 9.50 Å². The van der Waals surface area contributed by atoms with Gasteiger partial charge >= 0.3 is 0 Å². The molecule has 2 heterocycles. The van der Waals surface area contributed by atoms with Crippen molar-refractivity contribution in [3.05, 3.63) is 89.2 Å². The van der Waals surface area contributed by atoms with Crippen LogP contribution < -0.4 is 5.32 Å². The van der Waals surface area contributed by atoms with Crippen molar-refractivity contribution in [2.75, 3.05) is 0 Å². The van der Waals surface area contributed by atoms with Crippen LogP contribution >= 0.6 is 11.6 Å². The summed E-state index contributed by atoms with van der Waals surface area (Å²) in [5.74, 6) is -0.215. The van der Waals surface area contributed by atoms with E-state index in [1.807, 2.05) is 48.5 Å². The van der Waals surface area contributed by atoms with Crippen molar-refractivity contribution < 1.29 is 4.79 Å². The number of amides is 1. The molecule has 0 radical (unpaired) electrons. The summed E-state index contributed by atoms with van der Waals surface area (Å²) in [5.41, 5.74) is 3.83. The Labute approximate surface area is 155 Å². The van der Waals surface area contributed by atoms with Gasteiger partial charge in [-0.15, -0.1) is 0 Å². The summed E-state index contributed by atoms with van der Waals surface area (Å²) < 4.78 is 1.69. The normalized spacial score (nSPS) is 10.8. The highest BCUT2D eigenvalue weighted by Gasteiger charge is 2.15. The molecular weight excluding hydrogens is 348 g/mol. The number of aromatic nitrogens is 3. The molecule has 4 aromatic rings. The van der Waals surface area contributed by atoms with Crippen LogP contribution in [0.25, 0.3) is 16.9 Å². The predicted molar refractivity (Wildman–Crippen MR) is 101 cm³/mol. The zero-order chi connectivity index (χ0) is 17.9. The lowest BCUT2D eigenvalue weighted by molar-refractivity contribution is 0.0952. The minimum absolute atomic E-state index is 0.215. The van der Waals surface area contributed by atoms with E-state index in [9.17, 15) is 4.79 Å². The molecule has 0 aliphatic carbocycles. The molecule has 4 rings (SSSR count). The quantitative estimate of drug-likeness (QED) is 0.597. The van der Waals surface area contributed by atoms with Gasteiger partial charge < -0.3 is 5.32 Å². The van der Waals surface area contributed by atoms with Gasteiger partial charge in [0.05, 0.1) is 11.9 Å². The molecule has 0 aliphatic heterocycles. The van der Waals surface area contributed by atoms with Gasteiger partial charge in [0.25, 0.3) is 5.91 Å². The summed E-state index contributed by atoms with van der Waals surface area (Å²) >= 11 is 5.88. The molecule has 2 aromatic carbocycles. The maximum absolute atomic E-state index is 12.6. The molecule has 0 spiro atoms. The number of halogens is 1. The van der Waals surface area contributed by atoms with Gasteiger partial charge in [0.15, 0.2) is 5.65 Å². The van der Waals surface area contributed by atoms with Gasteiger partial charge in [0.2, 0.25) is 0 Å². The first-order valence-electron chi connectivity index (χ1n) is 8.13. The van der Waals surface area contributed by atoms with Gasteiger partial charge in [0, 0.05) is 23.3 Å². The van der Waals surface area contributed by atoms with Crippen molar-refractivity contribution in [2.24, 2.45) is 0 Å². The molecule has 0 bridgehead atoms. The number of nitrogens with zero attached hydrogens (tertiary/aromatic N) is 3.